The second kappa shape index (κ2) is 23.8. The van der Waals surface area contributed by atoms with E-state index < -0.39 is 45.3 Å². The summed E-state index contributed by atoms with van der Waals surface area (Å²) in [6, 6.07) is 38.7. The Labute approximate surface area is 517 Å². The Morgan fingerprint density at radius 2 is 0.843 bits per heavy atom. The zero-order valence-electron chi connectivity index (χ0n) is 49.1. The van der Waals surface area contributed by atoms with Gasteiger partial charge < -0.3 is 29.1 Å². The number of hydrogen-bond acceptors (Lipinski definition) is 16. The number of methoxy groups -OCH3 is 1. The number of H-pyrrole nitrogens is 4. The van der Waals surface area contributed by atoms with Crippen LogP contribution in [0.15, 0.2) is 202 Å². The Morgan fingerprint density at radius 1 is 0.427 bits per heavy atom. The van der Waals surface area contributed by atoms with Crippen LogP contribution in [0.1, 0.15) is 47.2 Å². The first kappa shape index (κ1) is 59.1. The number of ether oxygens (including phenoxy) is 1. The van der Waals surface area contributed by atoms with E-state index in [0.717, 1.165) is 71.9 Å². The lowest BCUT2D eigenvalue weighted by Crippen LogP contribution is -2.13. The molecule has 0 saturated heterocycles. The van der Waals surface area contributed by atoms with Gasteiger partial charge in [0.15, 0.2) is 46.5 Å². The Bertz CT molecular complexity index is 5100. The van der Waals surface area contributed by atoms with Crippen molar-refractivity contribution in [3.63, 3.8) is 0 Å². The number of benzene rings is 5. The minimum absolute atomic E-state index is 0. The van der Waals surface area contributed by atoms with E-state index >= 15 is 0 Å². The zero-order chi connectivity index (χ0) is 62.4. The van der Waals surface area contributed by atoms with Crippen LogP contribution in [0.2, 0.25) is 0 Å². The first-order chi connectivity index (χ1) is 42.8. The molecular formula is C66H66N12O8S3. The molecule has 0 bridgehead atoms. The van der Waals surface area contributed by atoms with Gasteiger partial charge in [0, 0.05) is 87.2 Å². The van der Waals surface area contributed by atoms with Crippen molar-refractivity contribution < 1.29 is 40.1 Å². The van der Waals surface area contributed by atoms with E-state index in [-0.39, 0.29) is 11.7 Å². The fourth-order valence-corrected chi connectivity index (χ4v) is 13.1. The first-order valence-corrected chi connectivity index (χ1v) is 32.9. The molecule has 5 aromatic carbocycles. The molecule has 0 aliphatic rings. The van der Waals surface area contributed by atoms with Crippen molar-refractivity contribution in [2.45, 2.75) is 72.0 Å². The molecule has 0 aliphatic carbocycles. The molecule has 456 valence electrons. The highest BCUT2D eigenvalue weighted by atomic mass is 32.2. The maximum Gasteiger partial charge on any atom is 0.316 e. The Balaban J connectivity index is 0.000000175. The highest BCUT2D eigenvalue weighted by Crippen LogP contribution is 2.35. The molecule has 0 unspecified atom stereocenters. The Kier molecular flexibility index (Phi) is 15.8. The highest BCUT2D eigenvalue weighted by Gasteiger charge is 2.23. The molecule has 14 aromatic rings. The summed E-state index contributed by atoms with van der Waals surface area (Å²) in [6.07, 6.45) is 15.8. The molecule has 0 amide bonds. The van der Waals surface area contributed by atoms with Gasteiger partial charge in [-0.2, -0.15) is 0 Å². The van der Waals surface area contributed by atoms with E-state index in [1.54, 1.807) is 152 Å². The van der Waals surface area contributed by atoms with Crippen LogP contribution in [-0.4, -0.2) is 108 Å². The monoisotopic (exact) mass is 1250 g/mol. The van der Waals surface area contributed by atoms with Crippen LogP contribution in [0.4, 0.5) is 0 Å². The first-order valence-electron chi connectivity index (χ1n) is 28.2. The van der Waals surface area contributed by atoms with Crippen LogP contribution in [0.5, 0.6) is 6.01 Å². The summed E-state index contributed by atoms with van der Waals surface area (Å²) < 4.78 is 85.0. The lowest BCUT2D eigenvalue weighted by Gasteiger charge is -2.08. The van der Waals surface area contributed by atoms with Crippen molar-refractivity contribution in [1.29, 1.82) is 0 Å². The molecule has 0 spiro atoms. The van der Waals surface area contributed by atoms with Crippen molar-refractivity contribution in [3.8, 4) is 73.4 Å². The predicted octanol–water partition coefficient (Wildman–Crippen LogP) is 14.4. The van der Waals surface area contributed by atoms with Crippen LogP contribution in [-0.2, 0) is 29.5 Å². The minimum Gasteiger partial charge on any atom is -0.467 e. The molecule has 14 rings (SSSR count). The van der Waals surface area contributed by atoms with Crippen LogP contribution in [0.25, 0.3) is 123 Å². The molecule has 9 heterocycles. The average Bonchev–Trinajstić information content (AvgIpc) is 1.79. The maximum absolute atomic E-state index is 12.4. The van der Waals surface area contributed by atoms with Gasteiger partial charge in [0.1, 0.15) is 27.9 Å². The van der Waals surface area contributed by atoms with Gasteiger partial charge in [-0.25, -0.2) is 65.1 Å². The van der Waals surface area contributed by atoms with E-state index in [9.17, 15) is 25.3 Å². The SMILES string of the molecule is CC(C)S(=O)(=O)c1ccc(-c2cnc3[nH]cc(-c4cc5ccccc5o4)c3n2)cc1.CC(C)S(=O)(=O)c1ccc(-c2cnc3[nH]cc(-c4ccc5[nH]ccc5c4)c3n2)cc1.COc1ncc(-c2c[nH]c3ncc(-c4ccc(S(=O)(=O)C(C)C)cc4)nc23)cn1.[HH].[HH].[HH].[HH]. The summed E-state index contributed by atoms with van der Waals surface area (Å²) in [7, 11) is -8.42. The van der Waals surface area contributed by atoms with Crippen LogP contribution >= 0.6 is 0 Å². The fraction of sp³-hybridized carbons (Fsp3) is 0.152. The normalized spacial score (nSPS) is 12.1. The standard InChI is InChI=1S/C23H20N4O2S.C23H19N3O3S.C20H19N5O3S.4H2/c1-14(2)30(28,29)18-6-3-15(4-7-18)21-13-26-23-22(27-21)19(12-25-23)16-5-8-20-17(11-16)9-10-24-20;1-14(2)30(27,28)17-9-7-15(8-10-17)19-13-25-23-22(26-19)18(12-24-23)21-11-16-5-3-4-6-20(16)29-21;1-12(2)29(26,27)15-6-4-13(5-7-15)17-11-22-19-18(25-17)16(10-21-19)14-8-23-20(28-3)24-9-14;;;;/h3-14,24H,1-2H3,(H,25,26);3-14H,1-2H3,(H,24,25);4-12H,1-3H3,(H,21,22);4*1H. The number of sulfone groups is 3. The van der Waals surface area contributed by atoms with Crippen molar-refractivity contribution in [2.24, 2.45) is 0 Å². The van der Waals surface area contributed by atoms with Gasteiger partial charge in [-0.1, -0.05) is 60.7 Å². The Morgan fingerprint density at radius 3 is 1.28 bits per heavy atom. The summed E-state index contributed by atoms with van der Waals surface area (Å²) in [5.41, 5.74) is 14.9. The second-order valence-electron chi connectivity index (χ2n) is 21.7. The van der Waals surface area contributed by atoms with Gasteiger partial charge >= 0.3 is 6.01 Å². The number of aromatic amines is 4. The third-order valence-corrected chi connectivity index (χ3v) is 21.6. The van der Waals surface area contributed by atoms with Crippen LogP contribution in [0.3, 0.4) is 0 Å². The quantitative estimate of drug-likeness (QED) is 0.0834. The fourth-order valence-electron chi connectivity index (χ4n) is 9.88. The molecule has 23 heteroatoms. The van der Waals surface area contributed by atoms with Gasteiger partial charge in [0.2, 0.25) is 0 Å². The van der Waals surface area contributed by atoms with Crippen molar-refractivity contribution >= 4 is 84.9 Å². The van der Waals surface area contributed by atoms with Crippen molar-refractivity contribution in [2.75, 3.05) is 7.11 Å². The number of para-hydroxylation sites is 1. The van der Waals surface area contributed by atoms with Crippen LogP contribution in [0, 0.1) is 0 Å². The van der Waals surface area contributed by atoms with E-state index in [2.05, 4.69) is 63.1 Å². The van der Waals surface area contributed by atoms with Crippen LogP contribution < -0.4 is 4.74 Å². The smallest absolute Gasteiger partial charge is 0.316 e. The third-order valence-electron chi connectivity index (χ3n) is 15.1. The molecule has 0 fully saturated rings. The topological polar surface area (TPSA) is 291 Å². The molecular weight excluding hydrogens is 1190 g/mol. The van der Waals surface area contributed by atoms with Gasteiger partial charge in [-0.15, -0.1) is 0 Å². The molecule has 0 atom stereocenters. The van der Waals surface area contributed by atoms with Gasteiger partial charge in [0.25, 0.3) is 0 Å². The molecule has 0 radical (unpaired) electrons. The number of furan rings is 1. The average molecular weight is 1250 g/mol. The number of aromatic nitrogens is 12. The lowest BCUT2D eigenvalue weighted by atomic mass is 10.1. The van der Waals surface area contributed by atoms with Crippen molar-refractivity contribution in [3.05, 3.63) is 183 Å². The predicted molar refractivity (Wildman–Crippen MR) is 353 cm³/mol. The molecule has 0 saturated carbocycles. The summed E-state index contributed by atoms with van der Waals surface area (Å²) in [4.78, 5) is 49.6. The molecule has 9 aromatic heterocycles. The van der Waals surface area contributed by atoms with Gasteiger partial charge in [-0.05, 0) is 119 Å². The molecule has 89 heavy (non-hydrogen) atoms. The van der Waals surface area contributed by atoms with Gasteiger partial charge in [0.05, 0.1) is 78.8 Å². The zero-order valence-corrected chi connectivity index (χ0v) is 51.6. The summed E-state index contributed by atoms with van der Waals surface area (Å²) in [5.74, 6) is 0.715. The second-order valence-corrected chi connectivity index (χ2v) is 29.2. The molecule has 0 aliphatic heterocycles. The lowest BCUT2D eigenvalue weighted by molar-refractivity contribution is 0.380. The van der Waals surface area contributed by atoms with E-state index in [0.29, 0.717) is 65.5 Å². The summed E-state index contributed by atoms with van der Waals surface area (Å²) in [5, 5.41) is 0.754. The van der Waals surface area contributed by atoms with E-state index in [4.69, 9.17) is 24.1 Å². The summed E-state index contributed by atoms with van der Waals surface area (Å²) >= 11 is 0. The number of nitrogens with zero attached hydrogens (tertiary/aromatic N) is 8. The molecule has 4 N–H and O–H groups in total. The maximum atomic E-state index is 12.4. The van der Waals surface area contributed by atoms with E-state index in [1.165, 1.54) is 7.11 Å². The van der Waals surface area contributed by atoms with Crippen molar-refractivity contribution in [1.82, 2.24) is 59.8 Å². The third kappa shape index (κ3) is 11.6. The Hall–Kier alpha value is -10.2. The molecule has 20 nitrogen and oxygen atoms in total. The largest absolute Gasteiger partial charge is 0.467 e. The summed E-state index contributed by atoms with van der Waals surface area (Å²) in [6.45, 7) is 10.0. The minimum atomic E-state index is -3.32. The highest BCUT2D eigenvalue weighted by molar-refractivity contribution is 7.92. The van der Waals surface area contributed by atoms with Gasteiger partial charge in [-0.3, -0.25) is 0 Å². The number of fused-ring (bicyclic) bond motifs is 5. The number of nitrogens with one attached hydrogen (secondary N) is 4. The number of rotatable bonds is 13. The van der Waals surface area contributed by atoms with E-state index in [1.807, 2.05) is 55.0 Å². The number of hydrogen-bond donors (Lipinski definition) is 4.